The molecule has 7 nitrogen and oxygen atoms in total. The third kappa shape index (κ3) is 4.03. The summed E-state index contributed by atoms with van der Waals surface area (Å²) in [6.07, 6.45) is -3.12. The molecular formula is C14H12F3N3O4. The number of carbonyl (C=O) groups excluding carboxylic acids is 1. The molecule has 0 aliphatic rings. The van der Waals surface area contributed by atoms with Gasteiger partial charge in [0.2, 0.25) is 12.3 Å². The molecule has 0 atom stereocenters. The van der Waals surface area contributed by atoms with Crippen LogP contribution in [0.15, 0.2) is 24.4 Å². The number of alkyl halides is 3. The number of carbonyl (C=O) groups is 1. The smallest absolute Gasteiger partial charge is 0.496 e. The van der Waals surface area contributed by atoms with E-state index in [1.54, 1.807) is 0 Å². The van der Waals surface area contributed by atoms with Crippen LogP contribution in [0.1, 0.15) is 0 Å². The van der Waals surface area contributed by atoms with Gasteiger partial charge in [0, 0.05) is 11.6 Å². The fraction of sp³-hybridized carbons (Fsp3) is 0.214. The van der Waals surface area contributed by atoms with E-state index in [1.165, 1.54) is 26.5 Å². The number of benzene rings is 1. The van der Waals surface area contributed by atoms with Crippen LogP contribution in [0.5, 0.6) is 17.4 Å². The van der Waals surface area contributed by atoms with Crippen molar-refractivity contribution in [1.29, 1.82) is 0 Å². The molecule has 1 aromatic heterocycles. The Bertz CT molecular complexity index is 738. The van der Waals surface area contributed by atoms with Crippen molar-refractivity contribution in [3.05, 3.63) is 24.4 Å². The normalized spacial score (nSPS) is 10.9. The number of amides is 1. The van der Waals surface area contributed by atoms with E-state index < -0.39 is 12.1 Å². The number of aromatic nitrogens is 2. The van der Waals surface area contributed by atoms with Crippen molar-refractivity contribution in [3.63, 3.8) is 0 Å². The maximum atomic E-state index is 12.3. The summed E-state index contributed by atoms with van der Waals surface area (Å²) in [4.78, 5) is 18.6. The number of hydrogen-bond acceptors (Lipinski definition) is 6. The van der Waals surface area contributed by atoms with Crippen molar-refractivity contribution in [1.82, 2.24) is 9.97 Å². The zero-order chi connectivity index (χ0) is 17.7. The predicted molar refractivity (Wildman–Crippen MR) is 76.9 cm³/mol. The maximum Gasteiger partial charge on any atom is 0.573 e. The fourth-order valence-electron chi connectivity index (χ4n) is 1.89. The number of nitrogens with one attached hydrogen (secondary N) is 1. The summed E-state index contributed by atoms with van der Waals surface area (Å²) >= 11 is 0. The molecule has 1 heterocycles. The Hall–Kier alpha value is -3.04. The minimum atomic E-state index is -4.81. The lowest BCUT2D eigenvalue weighted by Crippen LogP contribution is -2.17. The Labute approximate surface area is 134 Å². The lowest BCUT2D eigenvalue weighted by molar-refractivity contribution is -0.274. The summed E-state index contributed by atoms with van der Waals surface area (Å²) < 4.78 is 50.9. The first-order chi connectivity index (χ1) is 11.4. The number of ether oxygens (including phenoxy) is 3. The van der Waals surface area contributed by atoms with Crippen molar-refractivity contribution in [2.24, 2.45) is 0 Å². The number of anilines is 1. The highest BCUT2D eigenvalue weighted by Gasteiger charge is 2.31. The first-order valence-electron chi connectivity index (χ1n) is 6.43. The first kappa shape index (κ1) is 17.3. The molecule has 0 aliphatic heterocycles. The lowest BCUT2D eigenvalue weighted by Gasteiger charge is -2.14. The SMILES string of the molecule is COc1cc(OC(F)(F)F)ccc1-c1ncc(NC=O)nc1OC. The Kier molecular flexibility index (Phi) is 5.07. The molecule has 0 bridgehead atoms. The molecule has 0 saturated carbocycles. The van der Waals surface area contributed by atoms with E-state index in [0.29, 0.717) is 12.0 Å². The van der Waals surface area contributed by atoms with E-state index in [-0.39, 0.29) is 23.1 Å². The molecule has 2 aromatic rings. The van der Waals surface area contributed by atoms with Crippen molar-refractivity contribution < 1.29 is 32.2 Å². The van der Waals surface area contributed by atoms with Gasteiger partial charge in [-0.2, -0.15) is 4.98 Å². The van der Waals surface area contributed by atoms with Gasteiger partial charge >= 0.3 is 6.36 Å². The zero-order valence-electron chi connectivity index (χ0n) is 12.5. The van der Waals surface area contributed by atoms with Gasteiger partial charge in [0.25, 0.3) is 0 Å². The number of nitrogens with zero attached hydrogens (tertiary/aromatic N) is 2. The average molecular weight is 343 g/mol. The second kappa shape index (κ2) is 7.02. The molecule has 1 amide bonds. The van der Waals surface area contributed by atoms with Crippen LogP contribution in [0.3, 0.4) is 0 Å². The van der Waals surface area contributed by atoms with Crippen LogP contribution in [0.2, 0.25) is 0 Å². The number of halogens is 3. The molecule has 0 saturated heterocycles. The van der Waals surface area contributed by atoms with E-state index in [4.69, 9.17) is 9.47 Å². The van der Waals surface area contributed by atoms with Gasteiger partial charge < -0.3 is 19.5 Å². The molecule has 0 radical (unpaired) electrons. The molecule has 10 heteroatoms. The zero-order valence-corrected chi connectivity index (χ0v) is 12.5. The summed E-state index contributed by atoms with van der Waals surface area (Å²) in [5, 5.41) is 2.31. The number of rotatable bonds is 6. The topological polar surface area (TPSA) is 82.6 Å². The van der Waals surface area contributed by atoms with Gasteiger partial charge in [-0.1, -0.05) is 0 Å². The van der Waals surface area contributed by atoms with Gasteiger partial charge in [-0.15, -0.1) is 13.2 Å². The minimum Gasteiger partial charge on any atom is -0.496 e. The van der Waals surface area contributed by atoms with Crippen LogP contribution in [0, 0.1) is 0 Å². The third-order valence-corrected chi connectivity index (χ3v) is 2.80. The highest BCUT2D eigenvalue weighted by molar-refractivity contribution is 5.74. The Morgan fingerprint density at radius 2 is 1.96 bits per heavy atom. The van der Waals surface area contributed by atoms with Gasteiger partial charge in [0.1, 0.15) is 17.2 Å². The van der Waals surface area contributed by atoms with Crippen molar-refractivity contribution >= 4 is 12.2 Å². The highest BCUT2D eigenvalue weighted by atomic mass is 19.4. The van der Waals surface area contributed by atoms with E-state index in [2.05, 4.69) is 20.0 Å². The Morgan fingerprint density at radius 3 is 2.54 bits per heavy atom. The lowest BCUT2D eigenvalue weighted by atomic mass is 10.1. The molecule has 2 rings (SSSR count). The van der Waals surface area contributed by atoms with Crippen LogP contribution < -0.4 is 19.5 Å². The fourth-order valence-corrected chi connectivity index (χ4v) is 1.89. The van der Waals surface area contributed by atoms with Crippen LogP contribution in [-0.4, -0.2) is 37.0 Å². The molecule has 0 fully saturated rings. The molecule has 0 aliphatic carbocycles. The van der Waals surface area contributed by atoms with Crippen LogP contribution in [-0.2, 0) is 4.79 Å². The average Bonchev–Trinajstić information content (AvgIpc) is 2.53. The molecule has 128 valence electrons. The van der Waals surface area contributed by atoms with Crippen molar-refractivity contribution in [2.75, 3.05) is 19.5 Å². The second-order valence-corrected chi connectivity index (χ2v) is 4.29. The van der Waals surface area contributed by atoms with E-state index in [9.17, 15) is 18.0 Å². The summed E-state index contributed by atoms with van der Waals surface area (Å²) in [7, 11) is 2.63. The van der Waals surface area contributed by atoms with E-state index >= 15 is 0 Å². The van der Waals surface area contributed by atoms with Gasteiger partial charge in [-0.05, 0) is 12.1 Å². The molecule has 1 N–H and O–H groups in total. The van der Waals surface area contributed by atoms with Crippen molar-refractivity contribution in [2.45, 2.75) is 6.36 Å². The summed E-state index contributed by atoms with van der Waals surface area (Å²) in [6, 6.07) is 3.52. The van der Waals surface area contributed by atoms with Crippen LogP contribution in [0.4, 0.5) is 19.0 Å². The Balaban J connectivity index is 2.46. The summed E-state index contributed by atoms with van der Waals surface area (Å²) in [6.45, 7) is 0. The van der Waals surface area contributed by atoms with Crippen molar-refractivity contribution in [3.8, 4) is 28.6 Å². The minimum absolute atomic E-state index is 0.0599. The van der Waals surface area contributed by atoms with Crippen LogP contribution >= 0.6 is 0 Å². The summed E-state index contributed by atoms with van der Waals surface area (Å²) in [5.74, 6) is -0.138. The number of methoxy groups -OCH3 is 2. The van der Waals surface area contributed by atoms with Gasteiger partial charge in [0.15, 0.2) is 5.82 Å². The maximum absolute atomic E-state index is 12.3. The molecule has 24 heavy (non-hydrogen) atoms. The molecule has 0 unspecified atom stereocenters. The first-order valence-corrected chi connectivity index (χ1v) is 6.43. The largest absolute Gasteiger partial charge is 0.573 e. The Morgan fingerprint density at radius 1 is 1.21 bits per heavy atom. The highest BCUT2D eigenvalue weighted by Crippen LogP contribution is 2.37. The monoisotopic (exact) mass is 343 g/mol. The van der Waals surface area contributed by atoms with Gasteiger partial charge in [-0.3, -0.25) is 4.79 Å². The predicted octanol–water partition coefficient (Wildman–Crippen LogP) is 2.63. The molecule has 0 spiro atoms. The van der Waals surface area contributed by atoms with Gasteiger partial charge in [-0.25, -0.2) is 4.98 Å². The summed E-state index contributed by atoms with van der Waals surface area (Å²) in [5.41, 5.74) is 0.568. The van der Waals surface area contributed by atoms with Gasteiger partial charge in [0.05, 0.1) is 20.4 Å². The number of hydrogen-bond donors (Lipinski definition) is 1. The van der Waals surface area contributed by atoms with Crippen LogP contribution in [0.25, 0.3) is 11.3 Å². The molecule has 1 aromatic carbocycles. The molecular weight excluding hydrogens is 331 g/mol. The van der Waals surface area contributed by atoms with E-state index in [0.717, 1.165) is 12.1 Å². The third-order valence-electron chi connectivity index (χ3n) is 2.80. The quantitative estimate of drug-likeness (QED) is 0.812. The van der Waals surface area contributed by atoms with E-state index in [1.807, 2.05) is 0 Å². The second-order valence-electron chi connectivity index (χ2n) is 4.29. The standard InChI is InChI=1S/C14H12F3N3O4/c1-22-10-5-8(24-14(15,16)17)3-4-9(10)12-13(23-2)20-11(6-18-12)19-7-21/h3-7H,1-2H3,(H,19,20,21).